The van der Waals surface area contributed by atoms with Crippen LogP contribution in [-0.2, 0) is 20.5 Å². The van der Waals surface area contributed by atoms with Crippen LogP contribution in [-0.4, -0.2) is 27.7 Å². The van der Waals surface area contributed by atoms with Gasteiger partial charge in [-0.3, -0.25) is 0 Å². The molecule has 2 aromatic rings. The molecule has 0 saturated carbocycles. The number of benzene rings is 2. The lowest BCUT2D eigenvalue weighted by molar-refractivity contribution is 0.0832. The largest absolute Gasteiger partial charge is 0.381 e. The molecule has 128 valence electrons. The SMILES string of the molecule is O=S(=O)(NC1CCOCC1)c1ccc(SCc2ccccc2)cc1. The first-order chi connectivity index (χ1) is 11.6. The second kappa shape index (κ2) is 8.16. The maximum atomic E-state index is 12.4. The maximum absolute atomic E-state index is 12.4. The van der Waals surface area contributed by atoms with Gasteiger partial charge in [0.25, 0.3) is 0 Å². The third-order valence-corrected chi connectivity index (χ3v) is 6.55. The van der Waals surface area contributed by atoms with Crippen LogP contribution in [0.3, 0.4) is 0 Å². The molecule has 0 spiro atoms. The molecule has 1 saturated heterocycles. The molecular weight excluding hydrogens is 342 g/mol. The molecule has 0 amide bonds. The van der Waals surface area contributed by atoms with Crippen LogP contribution in [0, 0.1) is 0 Å². The van der Waals surface area contributed by atoms with E-state index in [1.807, 2.05) is 30.3 Å². The maximum Gasteiger partial charge on any atom is 0.240 e. The third kappa shape index (κ3) is 4.83. The van der Waals surface area contributed by atoms with Crippen molar-refractivity contribution in [3.05, 3.63) is 60.2 Å². The van der Waals surface area contributed by atoms with Gasteiger partial charge in [0.2, 0.25) is 10.0 Å². The Hall–Kier alpha value is -1.34. The van der Waals surface area contributed by atoms with Crippen LogP contribution in [0.5, 0.6) is 0 Å². The summed E-state index contributed by atoms with van der Waals surface area (Å²) in [6.45, 7) is 1.23. The summed E-state index contributed by atoms with van der Waals surface area (Å²) in [4.78, 5) is 1.38. The monoisotopic (exact) mass is 363 g/mol. The summed E-state index contributed by atoms with van der Waals surface area (Å²) in [5.74, 6) is 0.868. The number of ether oxygens (including phenoxy) is 1. The topological polar surface area (TPSA) is 55.4 Å². The van der Waals surface area contributed by atoms with E-state index in [-0.39, 0.29) is 6.04 Å². The highest BCUT2D eigenvalue weighted by molar-refractivity contribution is 7.98. The van der Waals surface area contributed by atoms with Gasteiger partial charge in [-0.25, -0.2) is 13.1 Å². The van der Waals surface area contributed by atoms with E-state index in [4.69, 9.17) is 4.74 Å². The van der Waals surface area contributed by atoms with Crippen molar-refractivity contribution in [2.24, 2.45) is 0 Å². The van der Waals surface area contributed by atoms with E-state index in [1.54, 1.807) is 23.9 Å². The average molecular weight is 364 g/mol. The molecule has 4 nitrogen and oxygen atoms in total. The minimum absolute atomic E-state index is 0.0316. The molecule has 1 fully saturated rings. The van der Waals surface area contributed by atoms with Gasteiger partial charge in [0.15, 0.2) is 0 Å². The molecule has 0 bridgehead atoms. The molecule has 0 aromatic heterocycles. The summed E-state index contributed by atoms with van der Waals surface area (Å²) in [7, 11) is -3.46. The highest BCUT2D eigenvalue weighted by Gasteiger charge is 2.21. The Kier molecular flexibility index (Phi) is 5.94. The third-order valence-electron chi connectivity index (χ3n) is 3.93. The fraction of sp³-hybridized carbons (Fsp3) is 0.333. The van der Waals surface area contributed by atoms with Gasteiger partial charge in [-0.05, 0) is 42.7 Å². The van der Waals surface area contributed by atoms with Crippen molar-refractivity contribution in [1.82, 2.24) is 4.72 Å². The van der Waals surface area contributed by atoms with Gasteiger partial charge in [0.05, 0.1) is 4.90 Å². The molecule has 0 atom stereocenters. The first-order valence-corrected chi connectivity index (χ1v) is 10.5. The highest BCUT2D eigenvalue weighted by Crippen LogP contribution is 2.24. The second-order valence-corrected chi connectivity index (χ2v) is 8.52. The second-order valence-electron chi connectivity index (χ2n) is 5.75. The molecule has 3 rings (SSSR count). The van der Waals surface area contributed by atoms with Gasteiger partial charge in [0, 0.05) is 29.9 Å². The highest BCUT2D eigenvalue weighted by atomic mass is 32.2. The van der Waals surface area contributed by atoms with Crippen molar-refractivity contribution in [1.29, 1.82) is 0 Å². The number of thioether (sulfide) groups is 1. The lowest BCUT2D eigenvalue weighted by Gasteiger charge is -2.22. The van der Waals surface area contributed by atoms with Crippen LogP contribution in [0.15, 0.2) is 64.4 Å². The Morgan fingerprint density at radius 3 is 2.33 bits per heavy atom. The summed E-state index contributed by atoms with van der Waals surface area (Å²) in [5, 5.41) is 0. The Labute approximate surface area is 147 Å². The quantitative estimate of drug-likeness (QED) is 0.799. The van der Waals surface area contributed by atoms with E-state index in [2.05, 4.69) is 16.9 Å². The summed E-state index contributed by atoms with van der Waals surface area (Å²) in [5.41, 5.74) is 1.25. The van der Waals surface area contributed by atoms with Gasteiger partial charge in [0.1, 0.15) is 0 Å². The Morgan fingerprint density at radius 2 is 1.67 bits per heavy atom. The molecule has 6 heteroatoms. The standard InChI is InChI=1S/C18H21NO3S2/c20-24(21,19-16-10-12-22-13-11-16)18-8-6-17(7-9-18)23-14-15-4-2-1-3-5-15/h1-9,16,19H,10-14H2. The summed E-state index contributed by atoms with van der Waals surface area (Å²) < 4.78 is 32.9. The van der Waals surface area contributed by atoms with Crippen LogP contribution in [0.1, 0.15) is 18.4 Å². The van der Waals surface area contributed by atoms with Crippen molar-refractivity contribution in [2.45, 2.75) is 34.4 Å². The van der Waals surface area contributed by atoms with E-state index in [0.717, 1.165) is 23.5 Å². The van der Waals surface area contributed by atoms with Crippen molar-refractivity contribution >= 4 is 21.8 Å². The summed E-state index contributed by atoms with van der Waals surface area (Å²) >= 11 is 1.70. The van der Waals surface area contributed by atoms with Gasteiger partial charge in [-0.2, -0.15) is 0 Å². The summed E-state index contributed by atoms with van der Waals surface area (Å²) in [6, 6.07) is 17.3. The molecule has 0 unspecified atom stereocenters. The Morgan fingerprint density at radius 1 is 1.00 bits per heavy atom. The van der Waals surface area contributed by atoms with E-state index < -0.39 is 10.0 Å². The molecule has 2 aromatic carbocycles. The minimum Gasteiger partial charge on any atom is -0.381 e. The lowest BCUT2D eigenvalue weighted by Crippen LogP contribution is -2.38. The van der Waals surface area contributed by atoms with Crippen LogP contribution in [0.4, 0.5) is 0 Å². The summed E-state index contributed by atoms with van der Waals surface area (Å²) in [6.07, 6.45) is 1.45. The zero-order valence-electron chi connectivity index (χ0n) is 13.4. The first kappa shape index (κ1) is 17.5. The van der Waals surface area contributed by atoms with E-state index in [1.165, 1.54) is 5.56 Å². The van der Waals surface area contributed by atoms with Crippen molar-refractivity contribution in [3.63, 3.8) is 0 Å². The Balaban J connectivity index is 1.60. The zero-order valence-corrected chi connectivity index (χ0v) is 15.0. The normalized spacial score (nSPS) is 16.2. The molecule has 1 aliphatic heterocycles. The molecule has 1 heterocycles. The van der Waals surface area contributed by atoms with Crippen LogP contribution in [0.25, 0.3) is 0 Å². The smallest absolute Gasteiger partial charge is 0.240 e. The average Bonchev–Trinajstić information content (AvgIpc) is 2.62. The first-order valence-electron chi connectivity index (χ1n) is 8.00. The fourth-order valence-corrected chi connectivity index (χ4v) is 4.72. The predicted octanol–water partition coefficient (Wildman–Crippen LogP) is 3.44. The molecule has 24 heavy (non-hydrogen) atoms. The van der Waals surface area contributed by atoms with E-state index >= 15 is 0 Å². The minimum atomic E-state index is -3.46. The van der Waals surface area contributed by atoms with Crippen LogP contribution < -0.4 is 4.72 Å². The number of nitrogens with one attached hydrogen (secondary N) is 1. The van der Waals surface area contributed by atoms with Gasteiger partial charge in [-0.15, -0.1) is 11.8 Å². The molecule has 0 radical (unpaired) electrons. The Bertz CT molecular complexity index is 740. The number of sulfonamides is 1. The van der Waals surface area contributed by atoms with Gasteiger partial charge >= 0.3 is 0 Å². The number of rotatable bonds is 6. The molecule has 1 N–H and O–H groups in total. The molecular formula is C18H21NO3S2. The predicted molar refractivity (Wildman–Crippen MR) is 96.6 cm³/mol. The van der Waals surface area contributed by atoms with Crippen molar-refractivity contribution in [2.75, 3.05) is 13.2 Å². The number of hydrogen-bond acceptors (Lipinski definition) is 4. The number of hydrogen-bond donors (Lipinski definition) is 1. The van der Waals surface area contributed by atoms with Crippen molar-refractivity contribution in [3.8, 4) is 0 Å². The van der Waals surface area contributed by atoms with Crippen LogP contribution >= 0.6 is 11.8 Å². The molecule has 1 aliphatic rings. The fourth-order valence-electron chi connectivity index (χ4n) is 2.56. The van der Waals surface area contributed by atoms with Crippen molar-refractivity contribution < 1.29 is 13.2 Å². The molecule has 0 aliphatic carbocycles. The van der Waals surface area contributed by atoms with Gasteiger partial charge < -0.3 is 4.74 Å². The zero-order chi connectivity index (χ0) is 16.8. The van der Waals surface area contributed by atoms with E-state index in [0.29, 0.717) is 18.1 Å². The van der Waals surface area contributed by atoms with Crippen LogP contribution in [0.2, 0.25) is 0 Å². The van der Waals surface area contributed by atoms with E-state index in [9.17, 15) is 8.42 Å². The lowest BCUT2D eigenvalue weighted by atomic mass is 10.1. The van der Waals surface area contributed by atoms with Gasteiger partial charge in [-0.1, -0.05) is 30.3 Å².